The Bertz CT molecular complexity index is 1490. The number of hydrogen-bond acceptors (Lipinski definition) is 7. The molecule has 0 atom stereocenters. The van der Waals surface area contributed by atoms with Crippen molar-refractivity contribution in [2.45, 2.75) is 6.42 Å². The summed E-state index contributed by atoms with van der Waals surface area (Å²) in [7, 11) is 0. The maximum absolute atomic E-state index is 11.7. The molecule has 0 spiro atoms. The number of halogens is 3. The van der Waals surface area contributed by atoms with Crippen molar-refractivity contribution in [2.24, 2.45) is 0 Å². The lowest BCUT2D eigenvalue weighted by Crippen LogP contribution is -2.11. The summed E-state index contributed by atoms with van der Waals surface area (Å²) in [5.41, 5.74) is 6.71. The van der Waals surface area contributed by atoms with Crippen molar-refractivity contribution < 1.29 is 19.1 Å². The van der Waals surface area contributed by atoms with Crippen molar-refractivity contribution in [3.05, 3.63) is 124 Å². The Morgan fingerprint density at radius 2 is 1.21 bits per heavy atom. The minimum absolute atomic E-state index is 0.111. The molecule has 0 saturated carbocycles. The molecule has 7 nitrogen and oxygen atoms in total. The molecule has 196 valence electrons. The van der Waals surface area contributed by atoms with Crippen LogP contribution in [0.25, 0.3) is 0 Å². The first-order valence-corrected chi connectivity index (χ1v) is 12.2. The molecule has 0 saturated heterocycles. The predicted octanol–water partition coefficient (Wildman–Crippen LogP) is 7.58. The number of para-hydroxylation sites is 2. The van der Waals surface area contributed by atoms with E-state index >= 15 is 0 Å². The number of carbonyl (C=O) groups excluding carboxylic acids is 2. The number of benzene rings is 4. The molecule has 0 unspecified atom stereocenters. The Labute approximate surface area is 240 Å². The summed E-state index contributed by atoms with van der Waals surface area (Å²) in [4.78, 5) is 21.9. The van der Waals surface area contributed by atoms with Gasteiger partial charge in [0.2, 0.25) is 0 Å². The molecule has 4 aromatic carbocycles. The SMILES string of the molecule is N#Cc1ccc(CC(=O)Oc2ccccc2)cc1Cl.N#Cc1ccc(N)cc1Cl.O=C(Cl)Oc1ccccc1. The molecule has 4 rings (SSSR count). The smallest absolute Gasteiger partial charge is 0.409 e. The molecule has 0 aliphatic carbocycles. The van der Waals surface area contributed by atoms with E-state index in [1.807, 2.05) is 24.3 Å². The first-order chi connectivity index (χ1) is 18.7. The van der Waals surface area contributed by atoms with Crippen LogP contribution in [-0.4, -0.2) is 11.4 Å². The quantitative estimate of drug-likeness (QED) is 0.114. The van der Waals surface area contributed by atoms with Crippen molar-refractivity contribution in [1.29, 1.82) is 10.5 Å². The van der Waals surface area contributed by atoms with E-state index in [1.54, 1.807) is 84.9 Å². The number of nitriles is 2. The standard InChI is InChI=1S/C15H10ClNO2.C7H5ClN2.C7H5ClO2/c16-14-8-11(6-7-12(14)10-17)9-15(18)19-13-4-2-1-3-5-13;8-7-3-6(10)2-1-5(7)4-9;8-7(9)10-6-4-2-1-3-5-6/h1-8H,9H2;1-3H,10H2;1-5H. The zero-order chi connectivity index (χ0) is 28.6. The second kappa shape index (κ2) is 16.3. The molecular weight excluding hydrogens is 561 g/mol. The molecule has 2 N–H and O–H groups in total. The van der Waals surface area contributed by atoms with Crippen molar-refractivity contribution in [3.8, 4) is 23.6 Å². The van der Waals surface area contributed by atoms with Gasteiger partial charge < -0.3 is 15.2 Å². The minimum Gasteiger partial charge on any atom is -0.426 e. The van der Waals surface area contributed by atoms with E-state index < -0.39 is 5.43 Å². The maximum Gasteiger partial charge on any atom is 0.409 e. The molecule has 0 radical (unpaired) electrons. The molecule has 0 aliphatic heterocycles. The number of anilines is 1. The van der Waals surface area contributed by atoms with Crippen LogP contribution in [0.2, 0.25) is 10.0 Å². The molecule has 0 aromatic heterocycles. The van der Waals surface area contributed by atoms with Gasteiger partial charge in [0.15, 0.2) is 0 Å². The van der Waals surface area contributed by atoms with Gasteiger partial charge in [-0.3, -0.25) is 4.79 Å². The van der Waals surface area contributed by atoms with Gasteiger partial charge in [-0.05, 0) is 60.2 Å². The topological polar surface area (TPSA) is 126 Å². The Morgan fingerprint density at radius 1 is 0.718 bits per heavy atom. The van der Waals surface area contributed by atoms with E-state index in [0.29, 0.717) is 43.9 Å². The van der Waals surface area contributed by atoms with E-state index in [0.717, 1.165) is 0 Å². The molecular formula is C29H20Cl3N3O4. The highest BCUT2D eigenvalue weighted by Gasteiger charge is 2.08. The molecule has 0 amide bonds. The summed E-state index contributed by atoms with van der Waals surface area (Å²) >= 11 is 16.5. The Morgan fingerprint density at radius 3 is 1.67 bits per heavy atom. The third-order valence-electron chi connectivity index (χ3n) is 4.53. The number of esters is 1. The van der Waals surface area contributed by atoms with Crippen LogP contribution in [0.5, 0.6) is 11.5 Å². The summed E-state index contributed by atoms with van der Waals surface area (Å²) < 4.78 is 9.71. The third-order valence-corrected chi connectivity index (χ3v) is 5.23. The van der Waals surface area contributed by atoms with Gasteiger partial charge in [-0.15, -0.1) is 0 Å². The van der Waals surface area contributed by atoms with Gasteiger partial charge in [0.1, 0.15) is 23.6 Å². The zero-order valence-corrected chi connectivity index (χ0v) is 22.5. The maximum atomic E-state index is 11.7. The second-order valence-corrected chi connectivity index (χ2v) is 8.52. The van der Waals surface area contributed by atoms with Crippen molar-refractivity contribution in [3.63, 3.8) is 0 Å². The lowest BCUT2D eigenvalue weighted by atomic mass is 10.1. The van der Waals surface area contributed by atoms with E-state index in [1.165, 1.54) is 0 Å². The number of nitrogens with zero attached hydrogens (tertiary/aromatic N) is 2. The largest absolute Gasteiger partial charge is 0.426 e. The lowest BCUT2D eigenvalue weighted by Gasteiger charge is -2.05. The second-order valence-electron chi connectivity index (χ2n) is 7.39. The summed E-state index contributed by atoms with van der Waals surface area (Å²) in [5.74, 6) is 0.599. The third kappa shape index (κ3) is 11.6. The predicted molar refractivity (Wildman–Crippen MR) is 151 cm³/mol. The molecule has 4 aromatic rings. The number of ether oxygens (including phenoxy) is 2. The summed E-state index contributed by atoms with van der Waals surface area (Å²) in [6, 6.07) is 31.1. The van der Waals surface area contributed by atoms with Crippen LogP contribution >= 0.6 is 34.8 Å². The van der Waals surface area contributed by atoms with Crippen LogP contribution in [0.15, 0.2) is 97.1 Å². The van der Waals surface area contributed by atoms with E-state index in [2.05, 4.69) is 4.74 Å². The summed E-state index contributed by atoms with van der Waals surface area (Å²) in [5, 5.41) is 17.9. The van der Waals surface area contributed by atoms with E-state index in [4.69, 9.17) is 55.8 Å². The first kappa shape index (κ1) is 30.7. The van der Waals surface area contributed by atoms with E-state index in [9.17, 15) is 9.59 Å². The van der Waals surface area contributed by atoms with Gasteiger partial charge in [-0.2, -0.15) is 10.5 Å². The number of rotatable bonds is 4. The van der Waals surface area contributed by atoms with Gasteiger partial charge in [-0.25, -0.2) is 4.79 Å². The number of nitrogen functional groups attached to an aromatic ring is 1. The average Bonchev–Trinajstić information content (AvgIpc) is 2.90. The van der Waals surface area contributed by atoms with Crippen LogP contribution < -0.4 is 15.2 Å². The fourth-order valence-corrected chi connectivity index (χ4v) is 3.35. The zero-order valence-electron chi connectivity index (χ0n) is 20.2. The number of carbonyl (C=O) groups is 2. The highest BCUT2D eigenvalue weighted by Crippen LogP contribution is 2.19. The van der Waals surface area contributed by atoms with Crippen molar-refractivity contribution >= 4 is 51.9 Å². The van der Waals surface area contributed by atoms with Gasteiger partial charge in [0, 0.05) is 17.3 Å². The molecule has 0 fully saturated rings. The average molecular weight is 581 g/mol. The molecule has 39 heavy (non-hydrogen) atoms. The Hall–Kier alpha value is -4.53. The Balaban J connectivity index is 0.000000225. The normalized spacial score (nSPS) is 9.26. The number of nitrogens with two attached hydrogens (primary N) is 1. The minimum atomic E-state index is -0.814. The van der Waals surface area contributed by atoms with Crippen LogP contribution in [0.1, 0.15) is 16.7 Å². The van der Waals surface area contributed by atoms with Gasteiger partial charge in [0.05, 0.1) is 27.6 Å². The summed E-state index contributed by atoms with van der Waals surface area (Å²) in [6.07, 6.45) is 0.111. The van der Waals surface area contributed by atoms with Crippen molar-refractivity contribution in [1.82, 2.24) is 0 Å². The van der Waals surface area contributed by atoms with Crippen LogP contribution in [-0.2, 0) is 11.2 Å². The first-order valence-electron chi connectivity index (χ1n) is 11.0. The van der Waals surface area contributed by atoms with Crippen molar-refractivity contribution in [2.75, 3.05) is 5.73 Å². The molecule has 0 heterocycles. The molecule has 0 aliphatic rings. The summed E-state index contributed by atoms with van der Waals surface area (Å²) in [6.45, 7) is 0. The van der Waals surface area contributed by atoms with Gasteiger partial charge >= 0.3 is 11.4 Å². The van der Waals surface area contributed by atoms with Crippen LogP contribution in [0.4, 0.5) is 10.5 Å². The van der Waals surface area contributed by atoms with E-state index in [-0.39, 0.29) is 12.4 Å². The molecule has 10 heteroatoms. The monoisotopic (exact) mass is 579 g/mol. The van der Waals surface area contributed by atoms with Gasteiger partial charge in [0.25, 0.3) is 0 Å². The Kier molecular flexibility index (Phi) is 12.9. The van der Waals surface area contributed by atoms with Crippen LogP contribution in [0, 0.1) is 22.7 Å². The van der Waals surface area contributed by atoms with Gasteiger partial charge in [-0.1, -0.05) is 65.7 Å². The highest BCUT2D eigenvalue weighted by molar-refractivity contribution is 6.61. The fraction of sp³-hybridized carbons (Fsp3) is 0.0345. The fourth-order valence-electron chi connectivity index (χ4n) is 2.79. The van der Waals surface area contributed by atoms with Crippen LogP contribution in [0.3, 0.4) is 0 Å². The highest BCUT2D eigenvalue weighted by atomic mass is 35.5. The molecule has 0 bridgehead atoms. The lowest BCUT2D eigenvalue weighted by molar-refractivity contribution is -0.133. The number of hydrogen-bond donors (Lipinski definition) is 1.